The van der Waals surface area contributed by atoms with E-state index in [0.717, 1.165) is 18.5 Å². The van der Waals surface area contributed by atoms with Crippen molar-refractivity contribution in [3.63, 3.8) is 0 Å². The van der Waals surface area contributed by atoms with E-state index in [1.807, 2.05) is 12.1 Å². The van der Waals surface area contributed by atoms with E-state index in [1.54, 1.807) is 12.1 Å². The van der Waals surface area contributed by atoms with E-state index in [0.29, 0.717) is 17.0 Å². The summed E-state index contributed by atoms with van der Waals surface area (Å²) < 4.78 is 0. The molecule has 0 spiro atoms. The molecule has 1 aromatic rings. The van der Waals surface area contributed by atoms with Crippen molar-refractivity contribution in [2.24, 2.45) is 5.41 Å². The van der Waals surface area contributed by atoms with Crippen molar-refractivity contribution in [2.75, 3.05) is 5.32 Å². The Morgan fingerprint density at radius 1 is 1.26 bits per heavy atom. The Bertz CT molecular complexity index is 454. The maximum atomic E-state index is 11.2. The Morgan fingerprint density at radius 3 is 2.74 bits per heavy atom. The van der Waals surface area contributed by atoms with E-state index in [-0.39, 0.29) is 0 Å². The lowest BCUT2D eigenvalue weighted by molar-refractivity contribution is 0.0698. The summed E-state index contributed by atoms with van der Waals surface area (Å²) >= 11 is 0. The highest BCUT2D eigenvalue weighted by molar-refractivity contribution is 5.94. The lowest BCUT2D eigenvalue weighted by Gasteiger charge is -2.22. The Kier molecular flexibility index (Phi) is 4.13. The molecule has 0 aliphatic heterocycles. The fraction of sp³-hybridized carbons (Fsp3) is 0.562. The largest absolute Gasteiger partial charge is 0.478 e. The molecule has 1 aliphatic rings. The highest BCUT2D eigenvalue weighted by Crippen LogP contribution is 2.34. The normalized spacial score (nSPS) is 22.5. The van der Waals surface area contributed by atoms with Crippen LogP contribution in [0, 0.1) is 5.41 Å². The lowest BCUT2D eigenvalue weighted by atomic mass is 9.85. The molecule has 1 saturated carbocycles. The van der Waals surface area contributed by atoms with E-state index >= 15 is 0 Å². The number of nitrogens with one attached hydrogen (secondary N) is 1. The molecule has 1 fully saturated rings. The summed E-state index contributed by atoms with van der Waals surface area (Å²) in [7, 11) is 0. The molecule has 2 rings (SSSR count). The number of carbonyl (C=O) groups is 1. The van der Waals surface area contributed by atoms with Crippen molar-refractivity contribution in [3.8, 4) is 0 Å². The molecule has 104 valence electrons. The van der Waals surface area contributed by atoms with E-state index in [1.165, 1.54) is 19.3 Å². The second-order valence-corrected chi connectivity index (χ2v) is 6.29. The number of anilines is 1. The second-order valence-electron chi connectivity index (χ2n) is 6.29. The summed E-state index contributed by atoms with van der Waals surface area (Å²) in [5, 5.41) is 12.6. The predicted molar refractivity (Wildman–Crippen MR) is 77.7 cm³/mol. The van der Waals surface area contributed by atoms with Gasteiger partial charge in [-0.2, -0.15) is 0 Å². The van der Waals surface area contributed by atoms with E-state index in [2.05, 4.69) is 19.2 Å². The van der Waals surface area contributed by atoms with Gasteiger partial charge in [0, 0.05) is 11.7 Å². The summed E-state index contributed by atoms with van der Waals surface area (Å²) in [6, 6.07) is 7.56. The number of hydrogen-bond acceptors (Lipinski definition) is 2. The predicted octanol–water partition coefficient (Wildman–Crippen LogP) is 4.16. The molecule has 0 bridgehead atoms. The average Bonchev–Trinajstić information content (AvgIpc) is 2.51. The standard InChI is InChI=1S/C16H23NO2/c1-16(2)10-5-6-12(9-11-16)17-14-8-4-3-7-13(14)15(18)19/h3-4,7-8,12,17H,5-6,9-11H2,1-2H3,(H,18,19). The number of carboxylic acids is 1. The van der Waals surface area contributed by atoms with Gasteiger partial charge >= 0.3 is 5.97 Å². The third kappa shape index (κ3) is 3.72. The SMILES string of the molecule is CC1(C)CCCC(Nc2ccccc2C(=O)O)CC1. The third-order valence-electron chi connectivity index (χ3n) is 4.09. The maximum Gasteiger partial charge on any atom is 0.337 e. The van der Waals surface area contributed by atoms with Crippen LogP contribution in [0.5, 0.6) is 0 Å². The summed E-state index contributed by atoms with van der Waals surface area (Å²) in [5.74, 6) is -0.864. The zero-order valence-electron chi connectivity index (χ0n) is 11.8. The minimum atomic E-state index is -0.864. The van der Waals surface area contributed by atoms with Gasteiger partial charge < -0.3 is 10.4 Å². The first-order chi connectivity index (χ1) is 8.98. The Morgan fingerprint density at radius 2 is 2.00 bits per heavy atom. The van der Waals surface area contributed by atoms with Crippen LogP contribution in [-0.4, -0.2) is 17.1 Å². The van der Waals surface area contributed by atoms with Crippen LogP contribution in [0.2, 0.25) is 0 Å². The molecule has 0 heterocycles. The van der Waals surface area contributed by atoms with Crippen LogP contribution in [0.3, 0.4) is 0 Å². The number of carboxylic acid groups (broad SMARTS) is 1. The molecule has 3 nitrogen and oxygen atoms in total. The maximum absolute atomic E-state index is 11.2. The Hall–Kier alpha value is -1.51. The van der Waals surface area contributed by atoms with Crippen LogP contribution in [0.4, 0.5) is 5.69 Å². The second kappa shape index (κ2) is 5.64. The Labute approximate surface area is 115 Å². The van der Waals surface area contributed by atoms with Gasteiger partial charge in [-0.25, -0.2) is 4.79 Å². The van der Waals surface area contributed by atoms with Crippen LogP contribution in [0.25, 0.3) is 0 Å². The smallest absolute Gasteiger partial charge is 0.337 e. The molecule has 1 atom stereocenters. The van der Waals surface area contributed by atoms with Gasteiger partial charge in [-0.3, -0.25) is 0 Å². The molecule has 3 heteroatoms. The number of hydrogen-bond donors (Lipinski definition) is 2. The van der Waals surface area contributed by atoms with Gasteiger partial charge in [0.05, 0.1) is 5.56 Å². The van der Waals surface area contributed by atoms with Gasteiger partial charge in [-0.1, -0.05) is 32.4 Å². The third-order valence-corrected chi connectivity index (χ3v) is 4.09. The van der Waals surface area contributed by atoms with Crippen LogP contribution in [0.15, 0.2) is 24.3 Å². The first-order valence-electron chi connectivity index (χ1n) is 7.07. The van der Waals surface area contributed by atoms with E-state index in [4.69, 9.17) is 0 Å². The molecule has 1 aliphatic carbocycles. The van der Waals surface area contributed by atoms with Gasteiger partial charge in [0.15, 0.2) is 0 Å². The molecule has 0 amide bonds. The van der Waals surface area contributed by atoms with Crippen molar-refractivity contribution in [3.05, 3.63) is 29.8 Å². The van der Waals surface area contributed by atoms with Crippen molar-refractivity contribution < 1.29 is 9.90 Å². The molecule has 0 radical (unpaired) electrons. The van der Waals surface area contributed by atoms with Crippen molar-refractivity contribution in [2.45, 2.75) is 52.0 Å². The average molecular weight is 261 g/mol. The molecule has 2 N–H and O–H groups in total. The van der Waals surface area contributed by atoms with Gasteiger partial charge in [0.2, 0.25) is 0 Å². The van der Waals surface area contributed by atoms with Crippen molar-refractivity contribution >= 4 is 11.7 Å². The van der Waals surface area contributed by atoms with Gasteiger partial charge in [-0.05, 0) is 43.2 Å². The first kappa shape index (κ1) is 13.9. The summed E-state index contributed by atoms with van der Waals surface area (Å²) in [5.41, 5.74) is 1.54. The van der Waals surface area contributed by atoms with Crippen LogP contribution >= 0.6 is 0 Å². The highest BCUT2D eigenvalue weighted by Gasteiger charge is 2.24. The topological polar surface area (TPSA) is 49.3 Å². The number of aromatic carboxylic acids is 1. The number of benzene rings is 1. The van der Waals surface area contributed by atoms with Crippen LogP contribution in [-0.2, 0) is 0 Å². The molecule has 19 heavy (non-hydrogen) atoms. The fourth-order valence-electron chi connectivity index (χ4n) is 2.82. The van der Waals surface area contributed by atoms with Crippen molar-refractivity contribution in [1.82, 2.24) is 0 Å². The first-order valence-corrected chi connectivity index (χ1v) is 7.07. The monoisotopic (exact) mass is 261 g/mol. The van der Waals surface area contributed by atoms with Gasteiger partial charge in [0.25, 0.3) is 0 Å². The summed E-state index contributed by atoms with van der Waals surface area (Å²) in [4.78, 5) is 11.2. The van der Waals surface area contributed by atoms with Crippen LogP contribution in [0.1, 0.15) is 56.3 Å². The number of para-hydroxylation sites is 1. The van der Waals surface area contributed by atoms with Crippen molar-refractivity contribution in [1.29, 1.82) is 0 Å². The molecule has 1 unspecified atom stereocenters. The minimum Gasteiger partial charge on any atom is -0.478 e. The van der Waals surface area contributed by atoms with E-state index in [9.17, 15) is 9.90 Å². The highest BCUT2D eigenvalue weighted by atomic mass is 16.4. The van der Waals surface area contributed by atoms with E-state index < -0.39 is 5.97 Å². The molecule has 1 aromatic carbocycles. The summed E-state index contributed by atoms with van der Waals surface area (Å²) in [6.45, 7) is 4.64. The molecule has 0 saturated heterocycles. The fourth-order valence-corrected chi connectivity index (χ4v) is 2.82. The summed E-state index contributed by atoms with van der Waals surface area (Å²) in [6.07, 6.45) is 5.89. The molecular formula is C16H23NO2. The Balaban J connectivity index is 2.07. The number of rotatable bonds is 3. The van der Waals surface area contributed by atoms with Crippen LogP contribution < -0.4 is 5.32 Å². The van der Waals surface area contributed by atoms with Gasteiger partial charge in [0.1, 0.15) is 0 Å². The molecular weight excluding hydrogens is 238 g/mol. The minimum absolute atomic E-state index is 0.367. The quantitative estimate of drug-likeness (QED) is 0.803. The van der Waals surface area contributed by atoms with Gasteiger partial charge in [-0.15, -0.1) is 0 Å². The molecule has 0 aromatic heterocycles. The zero-order valence-corrected chi connectivity index (χ0v) is 11.8. The lowest BCUT2D eigenvalue weighted by Crippen LogP contribution is -2.20. The zero-order chi connectivity index (χ0) is 13.9.